The Hall–Kier alpha value is -0.700. The van der Waals surface area contributed by atoms with Gasteiger partial charge in [-0.15, -0.1) is 0 Å². The summed E-state index contributed by atoms with van der Waals surface area (Å²) in [5.74, 6) is 0.766. The molecule has 0 aliphatic heterocycles. The monoisotopic (exact) mass is 245 g/mol. The van der Waals surface area contributed by atoms with Crippen molar-refractivity contribution in [1.29, 1.82) is 0 Å². The van der Waals surface area contributed by atoms with Crippen LogP contribution >= 0.6 is 23.2 Å². The zero-order valence-corrected chi connectivity index (χ0v) is 9.76. The van der Waals surface area contributed by atoms with E-state index in [1.165, 1.54) is 5.54 Å². The van der Waals surface area contributed by atoms with Gasteiger partial charge in [0.1, 0.15) is 12.4 Å². The number of nitrogens with two attached hydrogens (primary N) is 1. The number of ether oxygens (including phenoxy) is 1. The molecule has 0 saturated carbocycles. The average molecular weight is 246 g/mol. The predicted octanol–water partition coefficient (Wildman–Crippen LogP) is 2.97. The van der Waals surface area contributed by atoms with Crippen molar-refractivity contribution in [2.24, 2.45) is 5.73 Å². The van der Waals surface area contributed by atoms with Crippen molar-refractivity contribution in [3.63, 3.8) is 0 Å². The Kier molecular flexibility index (Phi) is 5.54. The van der Waals surface area contributed by atoms with Gasteiger partial charge < -0.3 is 10.5 Å². The summed E-state index contributed by atoms with van der Waals surface area (Å²) < 4.78 is 5.50. The highest BCUT2D eigenvalue weighted by Crippen LogP contribution is 2.26. The first-order valence-electron chi connectivity index (χ1n) is 4.65. The zero-order valence-electron chi connectivity index (χ0n) is 8.25. The fourth-order valence-corrected chi connectivity index (χ4v) is 1.57. The highest BCUT2D eigenvalue weighted by Gasteiger charge is 2.06. The molecule has 0 heterocycles. The quantitative estimate of drug-likeness (QED) is 0.866. The second kappa shape index (κ2) is 6.72. The van der Waals surface area contributed by atoms with E-state index in [-0.39, 0.29) is 0 Å². The Balaban J connectivity index is 2.80. The summed E-state index contributed by atoms with van der Waals surface area (Å²) in [6.45, 7) is 0.979. The Morgan fingerprint density at radius 1 is 1.40 bits per heavy atom. The molecular formula is C11H13Cl2NO. The van der Waals surface area contributed by atoms with Crippen LogP contribution in [0.4, 0.5) is 0 Å². The summed E-state index contributed by atoms with van der Waals surface area (Å²) in [5.41, 5.74) is 7.88. The Morgan fingerprint density at radius 3 is 2.87 bits per heavy atom. The zero-order chi connectivity index (χ0) is 11.1. The van der Waals surface area contributed by atoms with E-state index in [0.29, 0.717) is 24.6 Å². The lowest BCUT2D eigenvalue weighted by Crippen LogP contribution is -2.06. The molecule has 1 rings (SSSR count). The smallest absolute Gasteiger partial charge is 0.124 e. The van der Waals surface area contributed by atoms with Gasteiger partial charge in [0.2, 0.25) is 0 Å². The summed E-state index contributed by atoms with van der Waals surface area (Å²) in [6, 6.07) is 5.55. The van der Waals surface area contributed by atoms with Crippen LogP contribution in [0.25, 0.3) is 0 Å². The van der Waals surface area contributed by atoms with Crippen LogP contribution in [0.1, 0.15) is 5.56 Å². The molecule has 0 aromatic heterocycles. The third kappa shape index (κ3) is 3.74. The van der Waals surface area contributed by atoms with E-state index < -0.39 is 0 Å². The molecule has 1 aromatic carbocycles. The van der Waals surface area contributed by atoms with Crippen LogP contribution < -0.4 is 10.5 Å². The van der Waals surface area contributed by atoms with E-state index in [2.05, 4.69) is 0 Å². The SMILES string of the molecule is NCCc1c(Cl)cccc1OC/C=C/Cl. The van der Waals surface area contributed by atoms with Gasteiger partial charge in [0.25, 0.3) is 0 Å². The number of halogens is 2. The van der Waals surface area contributed by atoms with Gasteiger partial charge in [-0.1, -0.05) is 29.3 Å². The van der Waals surface area contributed by atoms with Gasteiger partial charge >= 0.3 is 0 Å². The molecule has 2 nitrogen and oxygen atoms in total. The van der Waals surface area contributed by atoms with Gasteiger partial charge in [-0.3, -0.25) is 0 Å². The van der Waals surface area contributed by atoms with E-state index >= 15 is 0 Å². The van der Waals surface area contributed by atoms with Crippen molar-refractivity contribution in [3.05, 3.63) is 40.4 Å². The van der Waals surface area contributed by atoms with E-state index in [1.54, 1.807) is 6.08 Å². The maximum atomic E-state index is 6.04. The van der Waals surface area contributed by atoms with E-state index in [4.69, 9.17) is 33.7 Å². The number of hydrogen-bond donors (Lipinski definition) is 1. The third-order valence-corrected chi connectivity index (χ3v) is 2.43. The van der Waals surface area contributed by atoms with Gasteiger partial charge in [-0.05, 0) is 31.2 Å². The molecule has 0 aliphatic carbocycles. The summed E-state index contributed by atoms with van der Waals surface area (Å²) in [6.07, 6.45) is 2.42. The van der Waals surface area contributed by atoms with E-state index in [1.807, 2.05) is 18.2 Å². The van der Waals surface area contributed by atoms with Gasteiger partial charge in [0.15, 0.2) is 0 Å². The van der Waals surface area contributed by atoms with E-state index in [0.717, 1.165) is 11.3 Å². The van der Waals surface area contributed by atoms with Gasteiger partial charge in [-0.2, -0.15) is 0 Å². The Labute approximate surface area is 99.6 Å². The second-order valence-electron chi connectivity index (χ2n) is 2.93. The normalized spacial score (nSPS) is 10.9. The van der Waals surface area contributed by atoms with Crippen molar-refractivity contribution in [2.75, 3.05) is 13.2 Å². The first kappa shape index (κ1) is 12.4. The van der Waals surface area contributed by atoms with Crippen LogP contribution in [-0.4, -0.2) is 13.2 Å². The molecule has 0 spiro atoms. The number of benzene rings is 1. The van der Waals surface area contributed by atoms with Crippen LogP contribution in [0.15, 0.2) is 29.8 Å². The van der Waals surface area contributed by atoms with Crippen molar-refractivity contribution in [2.45, 2.75) is 6.42 Å². The van der Waals surface area contributed by atoms with Gasteiger partial charge in [0, 0.05) is 16.1 Å². The van der Waals surface area contributed by atoms with Gasteiger partial charge in [-0.25, -0.2) is 0 Å². The van der Waals surface area contributed by atoms with Crippen LogP contribution in [0.2, 0.25) is 5.02 Å². The molecule has 4 heteroatoms. The standard InChI is InChI=1S/C11H13Cl2NO/c12-6-2-8-15-11-4-1-3-10(13)9(11)5-7-14/h1-4,6H,5,7-8,14H2/b6-2+. The van der Waals surface area contributed by atoms with Crippen LogP contribution in [-0.2, 0) is 6.42 Å². The molecule has 82 valence electrons. The molecule has 0 atom stereocenters. The fraction of sp³-hybridized carbons (Fsp3) is 0.273. The maximum Gasteiger partial charge on any atom is 0.124 e. The second-order valence-corrected chi connectivity index (χ2v) is 3.59. The molecule has 0 unspecified atom stereocenters. The molecular weight excluding hydrogens is 233 g/mol. The fourth-order valence-electron chi connectivity index (χ4n) is 1.24. The van der Waals surface area contributed by atoms with Crippen molar-refractivity contribution in [3.8, 4) is 5.75 Å². The number of hydrogen-bond acceptors (Lipinski definition) is 2. The van der Waals surface area contributed by atoms with Crippen molar-refractivity contribution < 1.29 is 4.74 Å². The van der Waals surface area contributed by atoms with Crippen LogP contribution in [0, 0.1) is 0 Å². The topological polar surface area (TPSA) is 35.2 Å². The minimum absolute atomic E-state index is 0.432. The molecule has 0 amide bonds. The first-order valence-corrected chi connectivity index (χ1v) is 5.46. The molecule has 2 N–H and O–H groups in total. The molecule has 0 aliphatic rings. The Bertz CT molecular complexity index is 339. The molecule has 0 bridgehead atoms. The average Bonchev–Trinajstić information content (AvgIpc) is 2.23. The minimum atomic E-state index is 0.432. The van der Waals surface area contributed by atoms with Crippen LogP contribution in [0.3, 0.4) is 0 Å². The van der Waals surface area contributed by atoms with Gasteiger partial charge in [0.05, 0.1) is 0 Å². The molecule has 1 aromatic rings. The highest BCUT2D eigenvalue weighted by molar-refractivity contribution is 6.31. The molecule has 15 heavy (non-hydrogen) atoms. The van der Waals surface area contributed by atoms with E-state index in [9.17, 15) is 0 Å². The predicted molar refractivity (Wildman–Crippen MR) is 64.7 cm³/mol. The highest BCUT2D eigenvalue weighted by atomic mass is 35.5. The van der Waals surface area contributed by atoms with Crippen molar-refractivity contribution >= 4 is 23.2 Å². The summed E-state index contributed by atoms with van der Waals surface area (Å²) in [5, 5.41) is 0.688. The third-order valence-electron chi connectivity index (χ3n) is 1.89. The molecule has 0 fully saturated rings. The van der Waals surface area contributed by atoms with Crippen molar-refractivity contribution in [1.82, 2.24) is 0 Å². The number of rotatable bonds is 5. The lowest BCUT2D eigenvalue weighted by Gasteiger charge is -2.10. The summed E-state index contributed by atoms with van der Waals surface area (Å²) in [4.78, 5) is 0. The maximum absolute atomic E-state index is 6.04. The Morgan fingerprint density at radius 2 is 2.20 bits per heavy atom. The molecule has 0 radical (unpaired) electrons. The molecule has 0 saturated heterocycles. The lowest BCUT2D eigenvalue weighted by molar-refractivity contribution is 0.359. The van der Waals surface area contributed by atoms with Crippen LogP contribution in [0.5, 0.6) is 5.75 Å². The first-order chi connectivity index (χ1) is 7.29. The summed E-state index contributed by atoms with van der Waals surface area (Å²) in [7, 11) is 0. The lowest BCUT2D eigenvalue weighted by atomic mass is 10.1. The summed E-state index contributed by atoms with van der Waals surface area (Å²) >= 11 is 11.4. The largest absolute Gasteiger partial charge is 0.489 e. The minimum Gasteiger partial charge on any atom is -0.489 e.